The van der Waals surface area contributed by atoms with Gasteiger partial charge < -0.3 is 14.6 Å². The van der Waals surface area contributed by atoms with E-state index in [9.17, 15) is 0 Å². The lowest BCUT2D eigenvalue weighted by molar-refractivity contribution is 0.0980. The number of hydrogen-bond acceptors (Lipinski definition) is 3. The SMILES string of the molecule is CCCCOCCOc1ccc(C#CCO)c(C)c1. The van der Waals surface area contributed by atoms with E-state index in [2.05, 4.69) is 18.8 Å². The molecule has 0 heterocycles. The van der Waals surface area contributed by atoms with Gasteiger partial charge in [-0.3, -0.25) is 0 Å². The summed E-state index contributed by atoms with van der Waals surface area (Å²) in [7, 11) is 0. The fraction of sp³-hybridized carbons (Fsp3) is 0.500. The summed E-state index contributed by atoms with van der Waals surface area (Å²) >= 11 is 0. The highest BCUT2D eigenvalue weighted by molar-refractivity contribution is 5.44. The quantitative estimate of drug-likeness (QED) is 0.606. The molecule has 19 heavy (non-hydrogen) atoms. The van der Waals surface area contributed by atoms with Gasteiger partial charge in [0.05, 0.1) is 6.61 Å². The summed E-state index contributed by atoms with van der Waals surface area (Å²) < 4.78 is 11.0. The Hall–Kier alpha value is -1.50. The van der Waals surface area contributed by atoms with E-state index in [0.29, 0.717) is 13.2 Å². The number of aryl methyl sites for hydroxylation is 1. The first kappa shape index (κ1) is 15.6. The summed E-state index contributed by atoms with van der Waals surface area (Å²) in [4.78, 5) is 0. The van der Waals surface area contributed by atoms with Crippen molar-refractivity contribution in [1.29, 1.82) is 0 Å². The molecule has 0 amide bonds. The van der Waals surface area contributed by atoms with E-state index < -0.39 is 0 Å². The van der Waals surface area contributed by atoms with Gasteiger partial charge in [-0.1, -0.05) is 25.2 Å². The average molecular weight is 262 g/mol. The molecular formula is C16H22O3. The standard InChI is InChI=1S/C16H22O3/c1-3-4-10-18-11-12-19-16-8-7-15(6-5-9-17)14(2)13-16/h7-8,13,17H,3-4,9-12H2,1-2H3. The number of rotatable bonds is 7. The van der Waals surface area contributed by atoms with Crippen LogP contribution in [0.4, 0.5) is 0 Å². The van der Waals surface area contributed by atoms with Crippen LogP contribution in [0.2, 0.25) is 0 Å². The molecule has 1 aromatic rings. The van der Waals surface area contributed by atoms with Crippen LogP contribution in [0.25, 0.3) is 0 Å². The summed E-state index contributed by atoms with van der Waals surface area (Å²) in [6.45, 7) is 5.98. The van der Waals surface area contributed by atoms with Crippen molar-refractivity contribution in [2.75, 3.05) is 26.4 Å². The van der Waals surface area contributed by atoms with Crippen LogP contribution >= 0.6 is 0 Å². The van der Waals surface area contributed by atoms with Crippen molar-refractivity contribution in [3.8, 4) is 17.6 Å². The number of aliphatic hydroxyl groups is 1. The summed E-state index contributed by atoms with van der Waals surface area (Å²) in [5.74, 6) is 6.37. The molecule has 0 aliphatic heterocycles. The second-order valence-electron chi connectivity index (χ2n) is 4.25. The predicted molar refractivity (Wildman–Crippen MR) is 76.4 cm³/mol. The van der Waals surface area contributed by atoms with Crippen molar-refractivity contribution in [3.63, 3.8) is 0 Å². The number of aliphatic hydroxyl groups excluding tert-OH is 1. The smallest absolute Gasteiger partial charge is 0.119 e. The molecule has 0 saturated heterocycles. The first-order chi connectivity index (χ1) is 9.27. The van der Waals surface area contributed by atoms with Gasteiger partial charge in [0.25, 0.3) is 0 Å². The Bertz CT molecular complexity index is 429. The van der Waals surface area contributed by atoms with Crippen molar-refractivity contribution in [1.82, 2.24) is 0 Å². The molecule has 0 atom stereocenters. The molecule has 0 aromatic heterocycles. The average Bonchev–Trinajstić information content (AvgIpc) is 2.42. The lowest BCUT2D eigenvalue weighted by atomic mass is 10.1. The molecular weight excluding hydrogens is 240 g/mol. The zero-order valence-electron chi connectivity index (χ0n) is 11.7. The van der Waals surface area contributed by atoms with Crippen molar-refractivity contribution in [2.24, 2.45) is 0 Å². The van der Waals surface area contributed by atoms with Crippen LogP contribution in [-0.2, 0) is 4.74 Å². The fourth-order valence-corrected chi connectivity index (χ4v) is 1.57. The monoisotopic (exact) mass is 262 g/mol. The van der Waals surface area contributed by atoms with Gasteiger partial charge in [0.2, 0.25) is 0 Å². The van der Waals surface area contributed by atoms with E-state index in [1.807, 2.05) is 25.1 Å². The predicted octanol–water partition coefficient (Wildman–Crippen LogP) is 2.53. The van der Waals surface area contributed by atoms with Crippen molar-refractivity contribution in [2.45, 2.75) is 26.7 Å². The van der Waals surface area contributed by atoms with Crippen LogP contribution in [-0.4, -0.2) is 31.5 Å². The number of unbranched alkanes of at least 4 members (excludes halogenated alkanes) is 1. The third-order valence-corrected chi connectivity index (χ3v) is 2.64. The van der Waals surface area contributed by atoms with Crippen molar-refractivity contribution >= 4 is 0 Å². The number of ether oxygens (including phenoxy) is 2. The first-order valence-electron chi connectivity index (χ1n) is 6.69. The zero-order chi connectivity index (χ0) is 13.9. The molecule has 0 fully saturated rings. The zero-order valence-corrected chi connectivity index (χ0v) is 11.7. The van der Waals surface area contributed by atoms with Crippen molar-refractivity contribution < 1.29 is 14.6 Å². The first-order valence-corrected chi connectivity index (χ1v) is 6.69. The molecule has 3 heteroatoms. The third-order valence-electron chi connectivity index (χ3n) is 2.64. The fourth-order valence-electron chi connectivity index (χ4n) is 1.57. The molecule has 104 valence electrons. The molecule has 0 bridgehead atoms. The highest BCUT2D eigenvalue weighted by Gasteiger charge is 1.99. The lowest BCUT2D eigenvalue weighted by Gasteiger charge is -2.08. The summed E-state index contributed by atoms with van der Waals surface area (Å²) in [5, 5.41) is 8.67. The van der Waals surface area contributed by atoms with Gasteiger partial charge in [0.15, 0.2) is 0 Å². The Kier molecular flexibility index (Phi) is 7.72. The molecule has 3 nitrogen and oxygen atoms in total. The molecule has 0 spiro atoms. The molecule has 0 aliphatic carbocycles. The van der Waals surface area contributed by atoms with Crippen LogP contribution in [0.5, 0.6) is 5.75 Å². The second-order valence-corrected chi connectivity index (χ2v) is 4.25. The van der Waals surface area contributed by atoms with E-state index in [1.54, 1.807) is 0 Å². The topological polar surface area (TPSA) is 38.7 Å². The van der Waals surface area contributed by atoms with Crippen LogP contribution < -0.4 is 4.74 Å². The summed E-state index contributed by atoms with van der Waals surface area (Å²) in [6, 6.07) is 5.75. The summed E-state index contributed by atoms with van der Waals surface area (Å²) in [5.41, 5.74) is 1.96. The van der Waals surface area contributed by atoms with Crippen LogP contribution in [0.1, 0.15) is 30.9 Å². The Labute approximate surface area is 115 Å². The van der Waals surface area contributed by atoms with Gasteiger partial charge in [-0.25, -0.2) is 0 Å². The summed E-state index contributed by atoms with van der Waals surface area (Å²) in [6.07, 6.45) is 2.24. The molecule has 1 N–H and O–H groups in total. The largest absolute Gasteiger partial charge is 0.491 e. The Morgan fingerprint density at radius 2 is 2.05 bits per heavy atom. The normalized spacial score (nSPS) is 9.84. The van der Waals surface area contributed by atoms with Gasteiger partial charge in [-0.05, 0) is 37.1 Å². The third kappa shape index (κ3) is 6.28. The lowest BCUT2D eigenvalue weighted by Crippen LogP contribution is -2.07. The minimum atomic E-state index is -0.118. The molecule has 1 rings (SSSR count). The number of benzene rings is 1. The van der Waals surface area contributed by atoms with Crippen molar-refractivity contribution in [3.05, 3.63) is 29.3 Å². The molecule has 0 saturated carbocycles. The van der Waals surface area contributed by atoms with E-state index in [1.165, 1.54) is 0 Å². The van der Waals surface area contributed by atoms with E-state index >= 15 is 0 Å². The Balaban J connectivity index is 2.37. The maximum Gasteiger partial charge on any atom is 0.119 e. The van der Waals surface area contributed by atoms with Gasteiger partial charge in [-0.15, -0.1) is 0 Å². The minimum absolute atomic E-state index is 0.118. The van der Waals surface area contributed by atoms with Gasteiger partial charge >= 0.3 is 0 Å². The van der Waals surface area contributed by atoms with Gasteiger partial charge in [-0.2, -0.15) is 0 Å². The number of hydrogen-bond donors (Lipinski definition) is 1. The molecule has 0 unspecified atom stereocenters. The van der Waals surface area contributed by atoms with E-state index in [0.717, 1.165) is 36.3 Å². The Morgan fingerprint density at radius 3 is 2.74 bits per heavy atom. The molecule has 0 radical (unpaired) electrons. The van der Waals surface area contributed by atoms with Crippen LogP contribution in [0.3, 0.4) is 0 Å². The highest BCUT2D eigenvalue weighted by atomic mass is 16.5. The second kappa shape index (κ2) is 9.43. The maximum atomic E-state index is 8.67. The highest BCUT2D eigenvalue weighted by Crippen LogP contribution is 2.16. The van der Waals surface area contributed by atoms with Crippen LogP contribution in [0.15, 0.2) is 18.2 Å². The molecule has 1 aromatic carbocycles. The maximum absolute atomic E-state index is 8.67. The minimum Gasteiger partial charge on any atom is -0.491 e. The van der Waals surface area contributed by atoms with E-state index in [-0.39, 0.29) is 6.61 Å². The van der Waals surface area contributed by atoms with E-state index in [4.69, 9.17) is 14.6 Å². The van der Waals surface area contributed by atoms with Gasteiger partial charge in [0, 0.05) is 12.2 Å². The molecule has 0 aliphatic rings. The van der Waals surface area contributed by atoms with Gasteiger partial charge in [0.1, 0.15) is 19.0 Å². The Morgan fingerprint density at radius 1 is 1.21 bits per heavy atom. The van der Waals surface area contributed by atoms with Crippen LogP contribution in [0, 0.1) is 18.8 Å².